The fraction of sp³-hybridized carbons (Fsp3) is 0.341. The van der Waals surface area contributed by atoms with E-state index in [4.69, 9.17) is 4.74 Å². The largest absolute Gasteiger partial charge is 0.370 e. The first kappa shape index (κ1) is 36.4. The molecule has 4 aromatic carbocycles. The highest BCUT2D eigenvalue weighted by molar-refractivity contribution is 5.92. The fourth-order valence-electron chi connectivity index (χ4n) is 6.27. The molecule has 0 radical (unpaired) electrons. The van der Waals surface area contributed by atoms with Gasteiger partial charge in [0.25, 0.3) is 0 Å². The molecule has 0 spiro atoms. The Morgan fingerprint density at radius 1 is 0.780 bits per heavy atom. The lowest BCUT2D eigenvalue weighted by atomic mass is 9.98. The third kappa shape index (κ3) is 10.3. The van der Waals surface area contributed by atoms with Crippen molar-refractivity contribution in [3.05, 3.63) is 132 Å². The second-order valence-electron chi connectivity index (χ2n) is 12.9. The molecule has 2 N–H and O–H groups in total. The molecule has 0 saturated carbocycles. The molecule has 1 saturated heterocycles. The highest BCUT2D eigenvalue weighted by Gasteiger charge is 2.35. The minimum Gasteiger partial charge on any atom is -0.370 e. The predicted octanol–water partition coefficient (Wildman–Crippen LogP) is 5.06. The van der Waals surface area contributed by atoms with E-state index in [2.05, 4.69) is 10.6 Å². The van der Waals surface area contributed by atoms with Gasteiger partial charge in [-0.25, -0.2) is 4.39 Å². The lowest BCUT2D eigenvalue weighted by Gasteiger charge is -2.34. The monoisotopic (exact) mass is 678 g/mol. The third-order valence-corrected chi connectivity index (χ3v) is 9.36. The first-order valence-corrected chi connectivity index (χ1v) is 17.3. The van der Waals surface area contributed by atoms with Gasteiger partial charge in [0.05, 0.1) is 6.61 Å². The van der Waals surface area contributed by atoms with Crippen molar-refractivity contribution in [3.8, 4) is 11.1 Å². The molecule has 0 unspecified atom stereocenters. The molecule has 3 atom stereocenters. The number of hydrogen-bond donors (Lipinski definition) is 2. The van der Waals surface area contributed by atoms with Crippen molar-refractivity contribution >= 4 is 17.7 Å². The molecule has 262 valence electrons. The van der Waals surface area contributed by atoms with Crippen LogP contribution in [0.1, 0.15) is 29.5 Å². The van der Waals surface area contributed by atoms with E-state index in [-0.39, 0.29) is 49.0 Å². The number of rotatable bonds is 16. The van der Waals surface area contributed by atoms with Crippen molar-refractivity contribution in [2.45, 2.75) is 50.2 Å². The summed E-state index contributed by atoms with van der Waals surface area (Å²) < 4.78 is 19.6. The van der Waals surface area contributed by atoms with Crippen molar-refractivity contribution in [2.75, 3.05) is 40.4 Å². The molecule has 0 bridgehead atoms. The lowest BCUT2D eigenvalue weighted by molar-refractivity contribution is -0.149. The first-order valence-electron chi connectivity index (χ1n) is 17.3. The summed E-state index contributed by atoms with van der Waals surface area (Å²) in [5.41, 5.74) is 4.78. The average Bonchev–Trinajstić information content (AvgIpc) is 3.67. The Labute approximate surface area is 294 Å². The van der Waals surface area contributed by atoms with E-state index in [0.717, 1.165) is 41.6 Å². The van der Waals surface area contributed by atoms with E-state index in [1.54, 1.807) is 26.2 Å². The van der Waals surface area contributed by atoms with Gasteiger partial charge >= 0.3 is 0 Å². The number of benzene rings is 4. The van der Waals surface area contributed by atoms with Crippen molar-refractivity contribution in [2.24, 2.45) is 0 Å². The Morgan fingerprint density at radius 3 is 2.02 bits per heavy atom. The molecular formula is C41H47FN4O4. The van der Waals surface area contributed by atoms with Crippen LogP contribution in [-0.4, -0.2) is 86.0 Å². The van der Waals surface area contributed by atoms with Gasteiger partial charge in [-0.3, -0.25) is 14.4 Å². The topological polar surface area (TPSA) is 91.0 Å². The summed E-state index contributed by atoms with van der Waals surface area (Å²) in [4.78, 5) is 44.7. The number of likely N-dealkylation sites (N-methyl/N-ethyl adjacent to an activating group) is 2. The molecule has 9 heteroatoms. The molecule has 5 rings (SSSR count). The summed E-state index contributed by atoms with van der Waals surface area (Å²) in [6, 6.07) is 32.1. The van der Waals surface area contributed by atoms with Gasteiger partial charge in [0, 0.05) is 39.5 Å². The van der Waals surface area contributed by atoms with Gasteiger partial charge in [-0.1, -0.05) is 97.1 Å². The quantitative estimate of drug-likeness (QED) is 0.173. The summed E-state index contributed by atoms with van der Waals surface area (Å²) in [7, 11) is 3.21. The second kappa shape index (κ2) is 18.2. The highest BCUT2D eigenvalue weighted by Crippen LogP contribution is 2.22. The number of hydrogen-bond acceptors (Lipinski definition) is 5. The zero-order chi connectivity index (χ0) is 35.3. The van der Waals surface area contributed by atoms with Gasteiger partial charge in [-0.15, -0.1) is 0 Å². The Bertz CT molecular complexity index is 1660. The average molecular weight is 679 g/mol. The molecule has 1 fully saturated rings. The number of amides is 3. The van der Waals surface area contributed by atoms with E-state index in [9.17, 15) is 18.8 Å². The van der Waals surface area contributed by atoms with E-state index < -0.39 is 12.1 Å². The zero-order valence-corrected chi connectivity index (χ0v) is 28.9. The van der Waals surface area contributed by atoms with Gasteiger partial charge in [0.1, 0.15) is 24.5 Å². The summed E-state index contributed by atoms with van der Waals surface area (Å²) in [6.07, 6.45) is 3.12. The molecule has 4 aromatic rings. The molecular weight excluding hydrogens is 631 g/mol. The van der Waals surface area contributed by atoms with E-state index in [0.29, 0.717) is 25.1 Å². The normalized spacial score (nSPS) is 15.2. The number of carbonyl (C=O) groups is 3. The van der Waals surface area contributed by atoms with Crippen molar-refractivity contribution in [1.82, 2.24) is 20.4 Å². The summed E-state index contributed by atoms with van der Waals surface area (Å²) in [5, 5.41) is 6.37. The standard InChI is InChI=1S/C41H47FN4O4/c1-45(39(47)29-50-28-36-14-9-24-43-36)38(27-31-15-19-34(20-16-31)33-12-7-4-8-13-33)41(49)46(2)37(26-32-17-21-35(42)22-18-32)40(48)44-25-23-30-10-5-3-6-11-30/h3-8,10-13,15-22,36-38,43H,9,14,23-29H2,1-2H3,(H,44,48)/t36-,37-,38-/m1/s1. The minimum absolute atomic E-state index is 0.159. The number of ether oxygens (including phenoxy) is 1. The van der Waals surface area contributed by atoms with Crippen LogP contribution in [0.15, 0.2) is 109 Å². The van der Waals surface area contributed by atoms with Crippen molar-refractivity contribution < 1.29 is 23.5 Å². The van der Waals surface area contributed by atoms with Crippen molar-refractivity contribution in [3.63, 3.8) is 0 Å². The molecule has 8 nitrogen and oxygen atoms in total. The summed E-state index contributed by atoms with van der Waals surface area (Å²) in [5.74, 6) is -1.41. The molecule has 0 aliphatic carbocycles. The van der Waals surface area contributed by atoms with Crippen LogP contribution in [0.2, 0.25) is 0 Å². The zero-order valence-electron chi connectivity index (χ0n) is 28.9. The smallest absolute Gasteiger partial charge is 0.249 e. The van der Waals surface area contributed by atoms with Crippen LogP contribution in [0.3, 0.4) is 0 Å². The number of carbonyl (C=O) groups excluding carboxylic acids is 3. The summed E-state index contributed by atoms with van der Waals surface area (Å²) >= 11 is 0. The molecule has 50 heavy (non-hydrogen) atoms. The van der Waals surface area contributed by atoms with Crippen LogP contribution in [-0.2, 0) is 38.4 Å². The maximum Gasteiger partial charge on any atom is 0.249 e. The van der Waals surface area contributed by atoms with Gasteiger partial charge in [0.15, 0.2) is 0 Å². The third-order valence-electron chi connectivity index (χ3n) is 9.36. The van der Waals surface area contributed by atoms with Crippen LogP contribution in [0.25, 0.3) is 11.1 Å². The summed E-state index contributed by atoms with van der Waals surface area (Å²) in [6.45, 7) is 1.58. The fourth-order valence-corrected chi connectivity index (χ4v) is 6.27. The Kier molecular flexibility index (Phi) is 13.3. The van der Waals surface area contributed by atoms with Crippen LogP contribution in [0.5, 0.6) is 0 Å². The Hall–Kier alpha value is -4.86. The molecule has 1 aliphatic heterocycles. The molecule has 3 amide bonds. The van der Waals surface area contributed by atoms with E-state index >= 15 is 0 Å². The van der Waals surface area contributed by atoms with Crippen molar-refractivity contribution in [1.29, 1.82) is 0 Å². The maximum absolute atomic E-state index is 14.5. The van der Waals surface area contributed by atoms with Gasteiger partial charge in [-0.2, -0.15) is 0 Å². The van der Waals surface area contributed by atoms with Gasteiger partial charge in [0.2, 0.25) is 17.7 Å². The number of nitrogens with one attached hydrogen (secondary N) is 2. The predicted molar refractivity (Wildman–Crippen MR) is 194 cm³/mol. The number of halogens is 1. The number of nitrogens with zero attached hydrogens (tertiary/aromatic N) is 2. The molecule has 1 aliphatic rings. The highest BCUT2D eigenvalue weighted by atomic mass is 19.1. The van der Waals surface area contributed by atoms with Crippen LogP contribution >= 0.6 is 0 Å². The molecule has 0 aromatic heterocycles. The van der Waals surface area contributed by atoms with Crippen LogP contribution < -0.4 is 10.6 Å². The SMILES string of the molecule is CN(C(=O)COC[C@H]1CCCN1)[C@H](Cc1ccc(-c2ccccc2)cc1)C(=O)N(C)[C@H](Cc1ccc(F)cc1)C(=O)NCCc1ccccc1. The lowest BCUT2D eigenvalue weighted by Crippen LogP contribution is -2.56. The minimum atomic E-state index is -0.906. The molecule has 1 heterocycles. The van der Waals surface area contributed by atoms with E-state index in [1.807, 2.05) is 84.9 Å². The first-order chi connectivity index (χ1) is 24.3. The maximum atomic E-state index is 14.5. The Balaban J connectivity index is 1.35. The second-order valence-corrected chi connectivity index (χ2v) is 12.9. The van der Waals surface area contributed by atoms with Gasteiger partial charge in [-0.05, 0) is 65.8 Å². The van der Waals surface area contributed by atoms with Crippen LogP contribution in [0.4, 0.5) is 4.39 Å². The van der Waals surface area contributed by atoms with Gasteiger partial charge < -0.3 is 25.2 Å². The van der Waals surface area contributed by atoms with Crippen LogP contribution in [0, 0.1) is 5.82 Å². The van der Waals surface area contributed by atoms with E-state index in [1.165, 1.54) is 21.9 Å². The Morgan fingerprint density at radius 2 is 1.38 bits per heavy atom.